The van der Waals surface area contributed by atoms with Crippen molar-refractivity contribution in [3.05, 3.63) is 23.8 Å². The molecular weight excluding hydrogens is 234 g/mol. The topological polar surface area (TPSA) is 67.8 Å². The van der Waals surface area contributed by atoms with E-state index in [2.05, 4.69) is 5.32 Å². The van der Waals surface area contributed by atoms with Crippen LogP contribution in [0.5, 0.6) is 5.75 Å². The summed E-state index contributed by atoms with van der Waals surface area (Å²) in [6, 6.07) is 4.99. The van der Waals surface area contributed by atoms with Crippen molar-refractivity contribution in [2.75, 3.05) is 18.5 Å². The molecule has 0 aliphatic carbocycles. The molecule has 1 aliphatic rings. The normalized spacial score (nSPS) is 16.5. The van der Waals surface area contributed by atoms with Gasteiger partial charge in [0.25, 0.3) is 0 Å². The number of hydrogen-bond acceptors (Lipinski definition) is 4. The van der Waals surface area contributed by atoms with Crippen molar-refractivity contribution in [2.24, 2.45) is 0 Å². The summed E-state index contributed by atoms with van der Waals surface area (Å²) < 4.78 is 10.9. The first-order valence-corrected chi connectivity index (χ1v) is 6.06. The Labute approximate surface area is 106 Å². The van der Waals surface area contributed by atoms with Crippen LogP contribution in [0.15, 0.2) is 18.2 Å². The lowest BCUT2D eigenvalue weighted by atomic mass is 10.1. The van der Waals surface area contributed by atoms with Gasteiger partial charge in [-0.1, -0.05) is 13.0 Å². The van der Waals surface area contributed by atoms with Gasteiger partial charge < -0.3 is 19.9 Å². The molecule has 0 aromatic heterocycles. The Morgan fingerprint density at radius 1 is 1.44 bits per heavy atom. The quantitative estimate of drug-likeness (QED) is 0.808. The minimum absolute atomic E-state index is 0.0204. The van der Waals surface area contributed by atoms with Gasteiger partial charge in [-0.05, 0) is 18.6 Å². The molecule has 1 fully saturated rings. The van der Waals surface area contributed by atoms with E-state index >= 15 is 0 Å². The SMILES string of the molecule is CCC(=O)Nc1ccc(C2OCCCO2)cc1O. The van der Waals surface area contributed by atoms with Gasteiger partial charge in [-0.3, -0.25) is 4.79 Å². The van der Waals surface area contributed by atoms with Gasteiger partial charge in [0.1, 0.15) is 5.75 Å². The largest absolute Gasteiger partial charge is 0.506 e. The average Bonchev–Trinajstić information content (AvgIpc) is 2.42. The van der Waals surface area contributed by atoms with Gasteiger partial charge in [0, 0.05) is 12.0 Å². The van der Waals surface area contributed by atoms with E-state index in [0.29, 0.717) is 25.3 Å². The van der Waals surface area contributed by atoms with Gasteiger partial charge in [0.2, 0.25) is 5.91 Å². The molecule has 5 heteroatoms. The highest BCUT2D eigenvalue weighted by atomic mass is 16.7. The molecule has 98 valence electrons. The zero-order chi connectivity index (χ0) is 13.0. The summed E-state index contributed by atoms with van der Waals surface area (Å²) in [5, 5.41) is 12.5. The number of amides is 1. The highest BCUT2D eigenvalue weighted by molar-refractivity contribution is 5.91. The third-order valence-electron chi connectivity index (χ3n) is 2.72. The molecule has 2 N–H and O–H groups in total. The summed E-state index contributed by atoms with van der Waals surface area (Å²) in [5.41, 5.74) is 1.16. The molecule has 1 heterocycles. The molecular formula is C13H17NO4. The van der Waals surface area contributed by atoms with Crippen molar-refractivity contribution in [1.29, 1.82) is 0 Å². The summed E-state index contributed by atoms with van der Waals surface area (Å²) >= 11 is 0. The number of phenols is 1. The zero-order valence-corrected chi connectivity index (χ0v) is 10.3. The Morgan fingerprint density at radius 2 is 2.17 bits per heavy atom. The van der Waals surface area contributed by atoms with E-state index < -0.39 is 6.29 Å². The van der Waals surface area contributed by atoms with Gasteiger partial charge >= 0.3 is 0 Å². The Morgan fingerprint density at radius 3 is 2.78 bits per heavy atom. The van der Waals surface area contributed by atoms with Crippen LogP contribution in [0.1, 0.15) is 31.6 Å². The molecule has 0 bridgehead atoms. The van der Waals surface area contributed by atoms with E-state index in [4.69, 9.17) is 9.47 Å². The fraction of sp³-hybridized carbons (Fsp3) is 0.462. The number of aromatic hydroxyl groups is 1. The van der Waals surface area contributed by atoms with Crippen LogP contribution in [0.4, 0.5) is 5.69 Å². The van der Waals surface area contributed by atoms with E-state index in [0.717, 1.165) is 12.0 Å². The first-order chi connectivity index (χ1) is 8.70. The number of benzene rings is 1. The maximum Gasteiger partial charge on any atom is 0.224 e. The van der Waals surface area contributed by atoms with Crippen LogP contribution in [0.25, 0.3) is 0 Å². The van der Waals surface area contributed by atoms with Crippen LogP contribution in [-0.2, 0) is 14.3 Å². The predicted octanol–water partition coefficient (Wildman–Crippen LogP) is 2.18. The summed E-state index contributed by atoms with van der Waals surface area (Å²) in [4.78, 5) is 11.2. The fourth-order valence-corrected chi connectivity index (χ4v) is 1.72. The van der Waals surface area contributed by atoms with E-state index in [-0.39, 0.29) is 11.7 Å². The molecule has 1 aromatic carbocycles. The smallest absolute Gasteiger partial charge is 0.224 e. The molecule has 5 nitrogen and oxygen atoms in total. The summed E-state index contributed by atoms with van der Waals surface area (Å²) in [7, 11) is 0. The molecule has 0 spiro atoms. The number of rotatable bonds is 3. The van der Waals surface area contributed by atoms with Crippen LogP contribution in [-0.4, -0.2) is 24.2 Å². The lowest BCUT2D eigenvalue weighted by molar-refractivity contribution is -0.183. The number of phenolic OH excluding ortho intramolecular Hbond substituents is 1. The summed E-state index contributed by atoms with van der Waals surface area (Å²) in [6.45, 7) is 3.06. The van der Waals surface area contributed by atoms with Crippen LogP contribution >= 0.6 is 0 Å². The average molecular weight is 251 g/mol. The number of ether oxygens (including phenoxy) is 2. The second-order valence-corrected chi connectivity index (χ2v) is 4.11. The first kappa shape index (κ1) is 12.9. The summed E-state index contributed by atoms with van der Waals surface area (Å²) in [6.07, 6.45) is 0.823. The maximum atomic E-state index is 11.2. The third kappa shape index (κ3) is 3.00. The third-order valence-corrected chi connectivity index (χ3v) is 2.72. The van der Waals surface area contributed by atoms with E-state index in [9.17, 15) is 9.90 Å². The van der Waals surface area contributed by atoms with Crippen molar-refractivity contribution in [3.63, 3.8) is 0 Å². The Kier molecular flexibility index (Phi) is 4.17. The molecule has 0 atom stereocenters. The molecule has 0 saturated carbocycles. The number of hydrogen-bond donors (Lipinski definition) is 2. The molecule has 1 saturated heterocycles. The van der Waals surface area contributed by atoms with Crippen LogP contribution in [0.2, 0.25) is 0 Å². The number of carbonyl (C=O) groups is 1. The van der Waals surface area contributed by atoms with Gasteiger partial charge in [-0.2, -0.15) is 0 Å². The second-order valence-electron chi connectivity index (χ2n) is 4.11. The molecule has 1 amide bonds. The molecule has 18 heavy (non-hydrogen) atoms. The highest BCUT2D eigenvalue weighted by Crippen LogP contribution is 2.30. The second kappa shape index (κ2) is 5.84. The van der Waals surface area contributed by atoms with Gasteiger partial charge in [0.15, 0.2) is 6.29 Å². The molecule has 0 unspecified atom stereocenters. The summed E-state index contributed by atoms with van der Waals surface area (Å²) in [5.74, 6) is -0.115. The van der Waals surface area contributed by atoms with E-state index in [1.54, 1.807) is 25.1 Å². The van der Waals surface area contributed by atoms with Crippen LogP contribution in [0, 0.1) is 0 Å². The maximum absolute atomic E-state index is 11.2. The van der Waals surface area contributed by atoms with Crippen molar-refractivity contribution in [1.82, 2.24) is 0 Å². The van der Waals surface area contributed by atoms with Crippen molar-refractivity contribution in [3.8, 4) is 5.75 Å². The van der Waals surface area contributed by atoms with Crippen molar-refractivity contribution >= 4 is 11.6 Å². The van der Waals surface area contributed by atoms with Gasteiger partial charge in [-0.15, -0.1) is 0 Å². The lowest BCUT2D eigenvalue weighted by Gasteiger charge is -2.23. The molecule has 2 rings (SSSR count). The minimum Gasteiger partial charge on any atom is -0.506 e. The predicted molar refractivity (Wildman–Crippen MR) is 66.3 cm³/mol. The van der Waals surface area contributed by atoms with Crippen molar-refractivity contribution in [2.45, 2.75) is 26.1 Å². The van der Waals surface area contributed by atoms with E-state index in [1.807, 2.05) is 0 Å². The van der Waals surface area contributed by atoms with Crippen LogP contribution < -0.4 is 5.32 Å². The zero-order valence-electron chi connectivity index (χ0n) is 10.3. The van der Waals surface area contributed by atoms with Crippen molar-refractivity contribution < 1.29 is 19.4 Å². The Hall–Kier alpha value is -1.59. The minimum atomic E-state index is -0.430. The standard InChI is InChI=1S/C13H17NO4/c1-2-12(16)14-10-5-4-9(8-11(10)15)13-17-6-3-7-18-13/h4-5,8,13,15H,2-3,6-7H2,1H3,(H,14,16). The van der Waals surface area contributed by atoms with E-state index in [1.165, 1.54) is 0 Å². The Bertz CT molecular complexity index is 427. The highest BCUT2D eigenvalue weighted by Gasteiger charge is 2.18. The number of anilines is 1. The Balaban J connectivity index is 2.11. The lowest BCUT2D eigenvalue weighted by Crippen LogP contribution is -2.17. The number of nitrogens with one attached hydrogen (secondary N) is 1. The van der Waals surface area contributed by atoms with Crippen LogP contribution in [0.3, 0.4) is 0 Å². The van der Waals surface area contributed by atoms with Gasteiger partial charge in [0.05, 0.1) is 18.9 Å². The molecule has 0 radical (unpaired) electrons. The molecule has 1 aliphatic heterocycles. The number of carbonyl (C=O) groups excluding carboxylic acids is 1. The monoisotopic (exact) mass is 251 g/mol. The fourth-order valence-electron chi connectivity index (χ4n) is 1.72. The first-order valence-electron chi connectivity index (χ1n) is 6.06. The molecule has 1 aromatic rings. The van der Waals surface area contributed by atoms with Gasteiger partial charge in [-0.25, -0.2) is 0 Å².